The summed E-state index contributed by atoms with van der Waals surface area (Å²) >= 11 is 1.42. The van der Waals surface area contributed by atoms with Gasteiger partial charge in [-0.1, -0.05) is 47.7 Å². The van der Waals surface area contributed by atoms with Crippen LogP contribution in [0.15, 0.2) is 91.0 Å². The van der Waals surface area contributed by atoms with Gasteiger partial charge in [0.05, 0.1) is 41.1 Å². The van der Waals surface area contributed by atoms with Gasteiger partial charge in [-0.15, -0.1) is 0 Å². The topological polar surface area (TPSA) is 228 Å². The number of para-hydroxylation sites is 1. The summed E-state index contributed by atoms with van der Waals surface area (Å²) in [6.45, 7) is 3.79. The van der Waals surface area contributed by atoms with Gasteiger partial charge in [-0.05, 0) is 122 Å². The Morgan fingerprint density at radius 2 is 1.68 bits per heavy atom. The minimum absolute atomic E-state index is 0.0209. The smallest absolute Gasteiger partial charge is 0.355 e. The SMILES string of the molecule is CNc1cc(NC(=O)CN2[C@@H]3CC[C@H]2CC(OCCOc2cccc(-c4ccc(N5CCc6cccc(C(=O)Nc7nc8ccccc8s7)c6C5)nc4C(=O)O)c2C)C3)ccc1C(=N)C1CCC(=O)NC1=O. The van der Waals surface area contributed by atoms with Gasteiger partial charge in [-0.25, -0.2) is 14.8 Å². The molecule has 4 aliphatic heterocycles. The average molecular weight is 990 g/mol. The molecule has 0 radical (unpaired) electrons. The van der Waals surface area contributed by atoms with Gasteiger partial charge in [0.1, 0.15) is 18.2 Å². The number of nitrogens with one attached hydrogen (secondary N) is 5. The number of carboxylic acid groups (broad SMARTS) is 1. The maximum Gasteiger partial charge on any atom is 0.355 e. The molecular formula is C54H55N9O8S. The number of pyridine rings is 1. The van der Waals surface area contributed by atoms with E-state index in [4.69, 9.17) is 19.9 Å². The van der Waals surface area contributed by atoms with Crippen LogP contribution in [0.5, 0.6) is 5.75 Å². The second kappa shape index (κ2) is 20.7. The Kier molecular flexibility index (Phi) is 13.8. The van der Waals surface area contributed by atoms with Gasteiger partial charge in [-0.3, -0.25) is 34.7 Å². The van der Waals surface area contributed by atoms with Gasteiger partial charge in [0.15, 0.2) is 10.8 Å². The van der Waals surface area contributed by atoms with Crippen LogP contribution in [0.1, 0.15) is 81.6 Å². The number of benzene rings is 4. The highest BCUT2D eigenvalue weighted by molar-refractivity contribution is 7.22. The number of aromatic nitrogens is 2. The summed E-state index contributed by atoms with van der Waals surface area (Å²) in [5.74, 6) is -1.94. The van der Waals surface area contributed by atoms with Gasteiger partial charge >= 0.3 is 5.97 Å². The first kappa shape index (κ1) is 48.1. The lowest BCUT2D eigenvalue weighted by atomic mass is 9.88. The van der Waals surface area contributed by atoms with Crippen LogP contribution < -0.4 is 30.9 Å². The fourth-order valence-electron chi connectivity index (χ4n) is 10.7. The molecule has 0 aliphatic carbocycles. The van der Waals surface area contributed by atoms with Crippen molar-refractivity contribution in [2.45, 2.75) is 76.6 Å². The maximum absolute atomic E-state index is 13.6. The van der Waals surface area contributed by atoms with E-state index in [0.29, 0.717) is 83.1 Å². The molecule has 72 heavy (non-hydrogen) atoms. The zero-order valence-corrected chi connectivity index (χ0v) is 40.8. The number of carboxylic acids is 1. The number of aromatic carboxylic acids is 1. The molecule has 3 fully saturated rings. The second-order valence-corrected chi connectivity index (χ2v) is 19.7. The molecule has 370 valence electrons. The average Bonchev–Trinajstić information content (AvgIpc) is 3.88. The van der Waals surface area contributed by atoms with E-state index in [-0.39, 0.29) is 66.7 Å². The monoisotopic (exact) mass is 989 g/mol. The summed E-state index contributed by atoms with van der Waals surface area (Å²) in [5, 5.41) is 31.1. The van der Waals surface area contributed by atoms with E-state index in [1.165, 1.54) is 11.3 Å². The van der Waals surface area contributed by atoms with Crippen molar-refractivity contribution in [3.8, 4) is 16.9 Å². The van der Waals surface area contributed by atoms with E-state index in [1.54, 1.807) is 31.3 Å². The first-order valence-corrected chi connectivity index (χ1v) is 25.1. The summed E-state index contributed by atoms with van der Waals surface area (Å²) in [4.78, 5) is 77.5. The maximum atomic E-state index is 13.6. The van der Waals surface area contributed by atoms with Gasteiger partial charge < -0.3 is 35.5 Å². The number of thiazole rings is 1. The van der Waals surface area contributed by atoms with E-state index in [0.717, 1.165) is 52.6 Å². The van der Waals surface area contributed by atoms with Crippen molar-refractivity contribution in [2.75, 3.05) is 54.2 Å². The molecule has 2 aromatic heterocycles. The highest BCUT2D eigenvalue weighted by Gasteiger charge is 2.42. The zero-order valence-electron chi connectivity index (χ0n) is 40.0. The molecule has 4 atom stereocenters. The van der Waals surface area contributed by atoms with Crippen LogP contribution in [-0.2, 0) is 32.1 Å². The van der Waals surface area contributed by atoms with Gasteiger partial charge in [-0.2, -0.15) is 0 Å². The predicted octanol–water partition coefficient (Wildman–Crippen LogP) is 7.67. The van der Waals surface area contributed by atoms with Crippen LogP contribution >= 0.6 is 11.3 Å². The molecule has 17 nitrogen and oxygen atoms in total. The van der Waals surface area contributed by atoms with Crippen LogP contribution in [0.4, 0.5) is 22.3 Å². The summed E-state index contributed by atoms with van der Waals surface area (Å²) in [6, 6.07) is 28.3. The third-order valence-electron chi connectivity index (χ3n) is 14.3. The lowest BCUT2D eigenvalue weighted by Gasteiger charge is -2.38. The van der Waals surface area contributed by atoms with Crippen LogP contribution in [0.3, 0.4) is 0 Å². The van der Waals surface area contributed by atoms with Gasteiger partial charge in [0.2, 0.25) is 17.7 Å². The van der Waals surface area contributed by atoms with Crippen LogP contribution in [0.2, 0.25) is 0 Å². The number of anilines is 4. The number of hydrogen-bond donors (Lipinski definition) is 6. The number of amides is 4. The number of nitrogens with zero attached hydrogens (tertiary/aromatic N) is 4. The molecule has 6 heterocycles. The molecule has 0 spiro atoms. The number of ether oxygens (including phenoxy) is 2. The number of carbonyl (C=O) groups is 5. The minimum Gasteiger partial charge on any atom is -0.491 e. The highest BCUT2D eigenvalue weighted by atomic mass is 32.1. The minimum atomic E-state index is -1.15. The molecule has 10 rings (SSSR count). The van der Waals surface area contributed by atoms with Crippen molar-refractivity contribution in [2.24, 2.45) is 5.92 Å². The molecule has 0 saturated carbocycles. The third kappa shape index (κ3) is 10.0. The number of piperidine rings is 2. The normalized spacial score (nSPS) is 19.6. The number of imide groups is 1. The van der Waals surface area contributed by atoms with Crippen LogP contribution in [-0.4, -0.2) is 107 Å². The van der Waals surface area contributed by atoms with Crippen molar-refractivity contribution in [1.29, 1.82) is 5.41 Å². The Morgan fingerprint density at radius 3 is 2.46 bits per heavy atom. The molecule has 2 unspecified atom stereocenters. The Morgan fingerprint density at radius 1 is 0.875 bits per heavy atom. The zero-order chi connectivity index (χ0) is 50.0. The third-order valence-corrected chi connectivity index (χ3v) is 15.3. The summed E-state index contributed by atoms with van der Waals surface area (Å²) < 4.78 is 13.6. The van der Waals surface area contributed by atoms with E-state index in [2.05, 4.69) is 31.2 Å². The molecule has 18 heteroatoms. The Labute approximate surface area is 419 Å². The van der Waals surface area contributed by atoms with Gasteiger partial charge in [0, 0.05) is 66.7 Å². The van der Waals surface area contributed by atoms with E-state index < -0.39 is 17.8 Å². The molecule has 6 aromatic rings. The lowest BCUT2D eigenvalue weighted by Crippen LogP contribution is -2.48. The second-order valence-electron chi connectivity index (χ2n) is 18.7. The first-order chi connectivity index (χ1) is 34.9. The van der Waals surface area contributed by atoms with E-state index >= 15 is 0 Å². The first-order valence-electron chi connectivity index (χ1n) is 24.3. The fraction of sp³-hybridized carbons (Fsp3) is 0.333. The Hall–Kier alpha value is -7.54. The molecule has 3 saturated heterocycles. The lowest BCUT2D eigenvalue weighted by molar-refractivity contribution is -0.134. The number of rotatable bonds is 16. The standard InChI is InChI=1S/C54H55N9O8S/c1-30-36(37-17-19-46(59-50(37)53(68)69)62-22-21-31-7-5-9-38(41(31)28-62)51(66)61-54-58-42-10-3-4-12-45(42)72-54)8-6-11-44(30)71-24-23-70-35-26-33-14-15-34(27-35)63(33)29-48(65)57-32-13-16-39(43(25-32)56-2)49(55)40-18-20-47(64)60-52(40)67/h3-13,16-17,19,25,33-35,40,55-56H,14-15,18,20-24,26-29H2,1-2H3,(H,57,65)(H,68,69)(H,58,61,66)(H,60,64,67)/t33-,34+,35?,40?. The van der Waals surface area contributed by atoms with Crippen LogP contribution in [0, 0.1) is 18.3 Å². The van der Waals surface area contributed by atoms with Crippen LogP contribution in [0.25, 0.3) is 21.3 Å². The molecular weight excluding hydrogens is 935 g/mol. The van der Waals surface area contributed by atoms with Crippen molar-refractivity contribution in [1.82, 2.24) is 20.2 Å². The van der Waals surface area contributed by atoms with Crippen molar-refractivity contribution in [3.05, 3.63) is 125 Å². The van der Waals surface area contributed by atoms with Crippen molar-refractivity contribution < 1.29 is 38.6 Å². The van der Waals surface area contributed by atoms with E-state index in [9.17, 15) is 29.1 Å². The Bertz CT molecular complexity index is 3090. The quantitative estimate of drug-likeness (QED) is 0.0311. The Balaban J connectivity index is 0.724. The van der Waals surface area contributed by atoms with Gasteiger partial charge in [0.25, 0.3) is 5.91 Å². The number of carbonyl (C=O) groups excluding carboxylic acids is 4. The summed E-state index contributed by atoms with van der Waals surface area (Å²) in [7, 11) is 1.72. The molecule has 6 N–H and O–H groups in total. The molecule has 4 aliphatic rings. The number of fused-ring (bicyclic) bond motifs is 4. The molecule has 4 aromatic carbocycles. The highest BCUT2D eigenvalue weighted by Crippen LogP contribution is 2.38. The largest absolute Gasteiger partial charge is 0.491 e. The molecule has 4 amide bonds. The summed E-state index contributed by atoms with van der Waals surface area (Å²) in [5.41, 5.74) is 7.00. The number of hydrogen-bond acceptors (Lipinski definition) is 14. The van der Waals surface area contributed by atoms with Crippen molar-refractivity contribution in [3.63, 3.8) is 0 Å². The van der Waals surface area contributed by atoms with E-state index in [1.807, 2.05) is 78.6 Å². The molecule has 2 bridgehead atoms. The predicted molar refractivity (Wildman–Crippen MR) is 275 cm³/mol. The summed E-state index contributed by atoms with van der Waals surface area (Å²) in [6.07, 6.45) is 4.70. The fourth-order valence-corrected chi connectivity index (χ4v) is 11.6. The van der Waals surface area contributed by atoms with Crippen molar-refractivity contribution >= 4 is 79.2 Å².